The highest BCUT2D eigenvalue weighted by molar-refractivity contribution is 9.11. The lowest BCUT2D eigenvalue weighted by Gasteiger charge is -2.12. The normalized spacial score (nSPS) is 10.9. The summed E-state index contributed by atoms with van der Waals surface area (Å²) in [7, 11) is 0. The molecule has 0 atom stereocenters. The van der Waals surface area contributed by atoms with E-state index in [2.05, 4.69) is 37.2 Å². The van der Waals surface area contributed by atoms with Gasteiger partial charge in [0.05, 0.1) is 13.9 Å². The van der Waals surface area contributed by atoms with Crippen molar-refractivity contribution in [1.82, 2.24) is 5.32 Å². The van der Waals surface area contributed by atoms with Crippen LogP contribution in [0.1, 0.15) is 16.7 Å². The number of ether oxygens (including phenoxy) is 1. The molecule has 3 aromatic rings. The van der Waals surface area contributed by atoms with Crippen LogP contribution in [0.2, 0.25) is 0 Å². The van der Waals surface area contributed by atoms with Crippen molar-refractivity contribution in [2.75, 3.05) is 0 Å². The summed E-state index contributed by atoms with van der Waals surface area (Å²) < 4.78 is 7.08. The van der Waals surface area contributed by atoms with Crippen molar-refractivity contribution < 1.29 is 14.5 Å². The van der Waals surface area contributed by atoms with E-state index in [0.717, 1.165) is 11.1 Å². The Kier molecular flexibility index (Phi) is 8.35. The number of hydrogen-bond acceptors (Lipinski definition) is 5. The number of nitro groups is 1. The van der Waals surface area contributed by atoms with E-state index in [0.29, 0.717) is 26.8 Å². The molecule has 0 aromatic heterocycles. The van der Waals surface area contributed by atoms with Gasteiger partial charge in [-0.2, -0.15) is 5.26 Å². The first-order valence-electron chi connectivity index (χ1n) is 9.66. The van der Waals surface area contributed by atoms with E-state index in [9.17, 15) is 20.2 Å². The monoisotopic (exact) mass is 569 g/mol. The number of hydrogen-bond donors (Lipinski definition) is 1. The van der Waals surface area contributed by atoms with Gasteiger partial charge in [-0.1, -0.05) is 30.3 Å². The standard InChI is InChI=1S/C24H17Br2N3O4/c25-21-11-18(10-19(13-27)24(30)28-14-16-4-2-1-3-5-16)12-22(26)23(21)33-15-17-6-8-20(9-7-17)29(31)32/h1-12H,14-15H2,(H,28,30)/b19-10-. The van der Waals surface area contributed by atoms with Crippen molar-refractivity contribution in [2.45, 2.75) is 13.2 Å². The van der Waals surface area contributed by atoms with E-state index in [1.165, 1.54) is 18.2 Å². The third kappa shape index (κ3) is 6.75. The first-order chi connectivity index (χ1) is 15.9. The number of rotatable bonds is 8. The highest BCUT2D eigenvalue weighted by Gasteiger charge is 2.13. The number of carbonyl (C=O) groups excluding carboxylic acids is 1. The quantitative estimate of drug-likeness (QED) is 0.156. The number of amides is 1. The zero-order valence-electron chi connectivity index (χ0n) is 17.1. The second kappa shape index (κ2) is 11.4. The third-order valence-electron chi connectivity index (χ3n) is 4.52. The van der Waals surface area contributed by atoms with E-state index < -0.39 is 10.8 Å². The SMILES string of the molecule is N#C/C(=C/c1cc(Br)c(OCc2ccc([N+](=O)[O-])cc2)c(Br)c1)C(=O)NCc1ccccc1. The topological polar surface area (TPSA) is 105 Å². The van der Waals surface area contributed by atoms with E-state index in [4.69, 9.17) is 4.74 Å². The summed E-state index contributed by atoms with van der Waals surface area (Å²) in [5, 5.41) is 22.9. The molecule has 33 heavy (non-hydrogen) atoms. The summed E-state index contributed by atoms with van der Waals surface area (Å²) in [6, 6.07) is 20.9. The smallest absolute Gasteiger partial charge is 0.269 e. The van der Waals surface area contributed by atoms with Gasteiger partial charge in [0.25, 0.3) is 11.6 Å². The average molecular weight is 571 g/mol. The summed E-state index contributed by atoms with van der Waals surface area (Å²) in [5.74, 6) is 0.0598. The molecule has 0 aliphatic carbocycles. The second-order valence-electron chi connectivity index (χ2n) is 6.86. The van der Waals surface area contributed by atoms with Crippen molar-refractivity contribution >= 4 is 49.5 Å². The van der Waals surface area contributed by atoms with Crippen LogP contribution in [0.15, 0.2) is 81.2 Å². The first-order valence-corrected chi connectivity index (χ1v) is 11.2. The minimum atomic E-state index is -0.466. The Morgan fingerprint density at radius 1 is 1.06 bits per heavy atom. The summed E-state index contributed by atoms with van der Waals surface area (Å²) in [4.78, 5) is 22.7. The molecule has 7 nitrogen and oxygen atoms in total. The Bertz CT molecular complexity index is 1210. The predicted octanol–water partition coefficient (Wildman–Crippen LogP) is 5.92. The Morgan fingerprint density at radius 3 is 2.27 bits per heavy atom. The van der Waals surface area contributed by atoms with Gasteiger partial charge in [-0.3, -0.25) is 14.9 Å². The molecule has 9 heteroatoms. The van der Waals surface area contributed by atoms with Crippen LogP contribution in [-0.2, 0) is 17.9 Å². The van der Waals surface area contributed by atoms with Crippen molar-refractivity contribution in [3.8, 4) is 11.8 Å². The number of nitrogens with zero attached hydrogens (tertiary/aromatic N) is 2. The maximum atomic E-state index is 12.4. The van der Waals surface area contributed by atoms with Gasteiger partial charge in [-0.15, -0.1) is 0 Å². The van der Waals surface area contributed by atoms with E-state index in [1.54, 1.807) is 24.3 Å². The van der Waals surface area contributed by atoms with Gasteiger partial charge in [-0.05, 0) is 78.9 Å². The molecule has 0 bridgehead atoms. The fourth-order valence-corrected chi connectivity index (χ4v) is 4.31. The van der Waals surface area contributed by atoms with Crippen LogP contribution in [0.3, 0.4) is 0 Å². The number of nitro benzene ring substituents is 1. The Morgan fingerprint density at radius 2 is 1.70 bits per heavy atom. The van der Waals surface area contributed by atoms with Crippen LogP contribution in [0.4, 0.5) is 5.69 Å². The van der Waals surface area contributed by atoms with Crippen LogP contribution in [0, 0.1) is 21.4 Å². The molecule has 0 radical (unpaired) electrons. The maximum absolute atomic E-state index is 12.4. The number of nitriles is 1. The Balaban J connectivity index is 1.69. The Labute approximate surface area is 207 Å². The van der Waals surface area contributed by atoms with E-state index in [1.807, 2.05) is 36.4 Å². The molecular weight excluding hydrogens is 554 g/mol. The number of nitrogens with one attached hydrogen (secondary N) is 1. The van der Waals surface area contributed by atoms with Crippen LogP contribution in [0.25, 0.3) is 6.08 Å². The molecule has 1 amide bonds. The van der Waals surface area contributed by atoms with E-state index >= 15 is 0 Å². The maximum Gasteiger partial charge on any atom is 0.269 e. The second-order valence-corrected chi connectivity index (χ2v) is 8.57. The van der Waals surface area contributed by atoms with E-state index in [-0.39, 0.29) is 17.9 Å². The van der Waals surface area contributed by atoms with Gasteiger partial charge in [0.15, 0.2) is 0 Å². The lowest BCUT2D eigenvalue weighted by molar-refractivity contribution is -0.384. The molecule has 0 saturated heterocycles. The summed E-state index contributed by atoms with van der Waals surface area (Å²) in [6.07, 6.45) is 1.50. The molecule has 0 spiro atoms. The van der Waals surface area contributed by atoms with Gasteiger partial charge in [0.1, 0.15) is 24.0 Å². The van der Waals surface area contributed by atoms with Crippen molar-refractivity contribution in [1.29, 1.82) is 5.26 Å². The zero-order valence-corrected chi connectivity index (χ0v) is 20.3. The van der Waals surface area contributed by atoms with Crippen molar-refractivity contribution in [3.05, 3.63) is 108 Å². The van der Waals surface area contributed by atoms with Crippen LogP contribution in [-0.4, -0.2) is 10.8 Å². The summed E-state index contributed by atoms with van der Waals surface area (Å²) in [5.41, 5.74) is 2.32. The van der Waals surface area contributed by atoms with Gasteiger partial charge >= 0.3 is 0 Å². The summed E-state index contributed by atoms with van der Waals surface area (Å²) in [6.45, 7) is 0.525. The largest absolute Gasteiger partial charge is 0.487 e. The fraction of sp³-hybridized carbons (Fsp3) is 0.0833. The third-order valence-corrected chi connectivity index (χ3v) is 5.70. The molecule has 0 unspecified atom stereocenters. The van der Waals surface area contributed by atoms with Crippen LogP contribution in [0.5, 0.6) is 5.75 Å². The average Bonchev–Trinajstić information content (AvgIpc) is 2.81. The zero-order chi connectivity index (χ0) is 23.8. The summed E-state index contributed by atoms with van der Waals surface area (Å²) >= 11 is 6.91. The fourth-order valence-electron chi connectivity index (χ4n) is 2.86. The molecule has 3 rings (SSSR count). The minimum Gasteiger partial charge on any atom is -0.487 e. The van der Waals surface area contributed by atoms with Gasteiger partial charge in [-0.25, -0.2) is 0 Å². The van der Waals surface area contributed by atoms with Gasteiger partial charge in [0.2, 0.25) is 0 Å². The molecule has 0 fully saturated rings. The first kappa shape index (κ1) is 24.2. The lowest BCUT2D eigenvalue weighted by Crippen LogP contribution is -2.23. The molecule has 3 aromatic carbocycles. The molecule has 0 heterocycles. The molecule has 0 aliphatic rings. The molecular formula is C24H17Br2N3O4. The number of carbonyl (C=O) groups is 1. The van der Waals surface area contributed by atoms with Crippen molar-refractivity contribution in [3.63, 3.8) is 0 Å². The molecule has 166 valence electrons. The van der Waals surface area contributed by atoms with Crippen LogP contribution >= 0.6 is 31.9 Å². The van der Waals surface area contributed by atoms with Crippen LogP contribution < -0.4 is 10.1 Å². The predicted molar refractivity (Wildman–Crippen MR) is 131 cm³/mol. The minimum absolute atomic E-state index is 0.0124. The highest BCUT2D eigenvalue weighted by atomic mass is 79.9. The lowest BCUT2D eigenvalue weighted by atomic mass is 10.1. The molecule has 0 aliphatic heterocycles. The highest BCUT2D eigenvalue weighted by Crippen LogP contribution is 2.36. The van der Waals surface area contributed by atoms with Crippen molar-refractivity contribution in [2.24, 2.45) is 0 Å². The number of halogens is 2. The van der Waals surface area contributed by atoms with Gasteiger partial charge < -0.3 is 10.1 Å². The number of non-ortho nitro benzene ring substituents is 1. The molecule has 0 saturated carbocycles. The Hall–Kier alpha value is -3.48. The van der Waals surface area contributed by atoms with Gasteiger partial charge in [0, 0.05) is 18.7 Å². The number of benzene rings is 3. The molecule has 1 N–H and O–H groups in total.